The number of fused-ring (bicyclic) bond motifs is 1. The number of piperidine rings is 1. The summed E-state index contributed by atoms with van der Waals surface area (Å²) < 4.78 is 0. The second kappa shape index (κ2) is 6.24. The fraction of sp³-hybridized carbons (Fsp3) is 0.500. The minimum absolute atomic E-state index is 0.0833. The zero-order valence-electron chi connectivity index (χ0n) is 13.4. The van der Waals surface area contributed by atoms with Crippen LogP contribution >= 0.6 is 0 Å². The molecule has 0 aliphatic carbocycles. The molecule has 3 heterocycles. The maximum absolute atomic E-state index is 12.3. The van der Waals surface area contributed by atoms with Crippen LogP contribution in [0.1, 0.15) is 19.8 Å². The lowest BCUT2D eigenvalue weighted by atomic mass is 10.0. The van der Waals surface area contributed by atoms with Crippen molar-refractivity contribution in [3.05, 3.63) is 18.6 Å². The van der Waals surface area contributed by atoms with Crippen LogP contribution in [0.4, 0.5) is 5.82 Å². The molecule has 2 aromatic rings. The van der Waals surface area contributed by atoms with Crippen molar-refractivity contribution in [3.8, 4) is 6.07 Å². The van der Waals surface area contributed by atoms with Crippen molar-refractivity contribution in [1.82, 2.24) is 19.9 Å². The number of likely N-dealkylation sites (N-methyl/N-ethyl adjacent to an activating group) is 1. The Morgan fingerprint density at radius 2 is 2.39 bits per heavy atom. The maximum atomic E-state index is 12.3. The van der Waals surface area contributed by atoms with Crippen molar-refractivity contribution in [2.75, 3.05) is 25.0 Å². The van der Waals surface area contributed by atoms with E-state index in [1.165, 1.54) is 0 Å². The molecule has 2 aromatic heterocycles. The standard InChI is InChI=1S/C16H20N6O/c1-11(8-17)16(23)22-7-3-4-12(9-22)21(2)15-13-5-6-18-14(13)19-10-20-15/h5-6,10-12H,3-4,7,9H2,1-2H3,(H,18,19,20). The molecule has 23 heavy (non-hydrogen) atoms. The smallest absolute Gasteiger partial charge is 0.239 e. The summed E-state index contributed by atoms with van der Waals surface area (Å²) in [5, 5.41) is 9.93. The summed E-state index contributed by atoms with van der Waals surface area (Å²) in [7, 11) is 2.00. The van der Waals surface area contributed by atoms with Crippen molar-refractivity contribution in [1.29, 1.82) is 5.26 Å². The van der Waals surface area contributed by atoms with E-state index >= 15 is 0 Å². The van der Waals surface area contributed by atoms with E-state index in [-0.39, 0.29) is 11.9 Å². The average Bonchev–Trinajstić information content (AvgIpc) is 3.08. The van der Waals surface area contributed by atoms with Gasteiger partial charge < -0.3 is 14.8 Å². The molecule has 1 saturated heterocycles. The molecule has 0 saturated carbocycles. The van der Waals surface area contributed by atoms with E-state index in [1.807, 2.05) is 25.4 Å². The number of rotatable bonds is 3. The fourth-order valence-corrected chi connectivity index (χ4v) is 3.11. The summed E-state index contributed by atoms with van der Waals surface area (Å²) in [5.74, 6) is 0.193. The summed E-state index contributed by atoms with van der Waals surface area (Å²) >= 11 is 0. The van der Waals surface area contributed by atoms with E-state index in [2.05, 4.69) is 19.9 Å². The summed E-state index contributed by atoms with van der Waals surface area (Å²) in [6.07, 6.45) is 5.33. The van der Waals surface area contributed by atoms with E-state index in [1.54, 1.807) is 18.2 Å². The van der Waals surface area contributed by atoms with E-state index in [9.17, 15) is 4.79 Å². The fourth-order valence-electron chi connectivity index (χ4n) is 3.11. The number of aromatic nitrogens is 3. The molecule has 7 heteroatoms. The Bertz CT molecular complexity index is 748. The Labute approximate surface area is 134 Å². The SMILES string of the molecule is CC(C#N)C(=O)N1CCCC(N(C)c2ncnc3[nH]ccc23)C1. The van der Waals surface area contributed by atoms with Gasteiger partial charge in [0.2, 0.25) is 5.91 Å². The Kier molecular flexibility index (Phi) is 4.15. The second-order valence-corrected chi connectivity index (χ2v) is 5.98. The second-order valence-electron chi connectivity index (χ2n) is 5.98. The molecule has 1 aliphatic heterocycles. The minimum Gasteiger partial charge on any atom is -0.354 e. The molecule has 2 unspecified atom stereocenters. The minimum atomic E-state index is -0.588. The van der Waals surface area contributed by atoms with Gasteiger partial charge >= 0.3 is 0 Å². The van der Waals surface area contributed by atoms with Gasteiger partial charge in [-0.3, -0.25) is 4.79 Å². The molecular formula is C16H20N6O. The number of hydrogen-bond acceptors (Lipinski definition) is 5. The first-order valence-corrected chi connectivity index (χ1v) is 7.81. The number of nitrogens with one attached hydrogen (secondary N) is 1. The normalized spacial score (nSPS) is 19.3. The number of nitriles is 1. The molecule has 1 N–H and O–H groups in total. The molecule has 7 nitrogen and oxygen atoms in total. The summed E-state index contributed by atoms with van der Waals surface area (Å²) in [6, 6.07) is 4.18. The van der Waals surface area contributed by atoms with Crippen LogP contribution in [0.2, 0.25) is 0 Å². The van der Waals surface area contributed by atoms with Gasteiger partial charge in [-0.2, -0.15) is 5.26 Å². The molecule has 1 aliphatic rings. The van der Waals surface area contributed by atoms with Crippen LogP contribution < -0.4 is 4.90 Å². The zero-order chi connectivity index (χ0) is 16.4. The van der Waals surface area contributed by atoms with E-state index in [0.717, 1.165) is 36.2 Å². The first-order chi connectivity index (χ1) is 11.1. The van der Waals surface area contributed by atoms with Crippen LogP contribution in [0.25, 0.3) is 11.0 Å². The lowest BCUT2D eigenvalue weighted by Crippen LogP contribution is -2.50. The van der Waals surface area contributed by atoms with Crippen molar-refractivity contribution >= 4 is 22.8 Å². The summed E-state index contributed by atoms with van der Waals surface area (Å²) in [5.41, 5.74) is 0.809. The molecule has 0 aromatic carbocycles. The van der Waals surface area contributed by atoms with Crippen LogP contribution in [0.15, 0.2) is 18.6 Å². The van der Waals surface area contributed by atoms with Crippen LogP contribution in [0.3, 0.4) is 0 Å². The van der Waals surface area contributed by atoms with Crippen LogP contribution in [0.5, 0.6) is 0 Å². The first kappa shape index (κ1) is 15.3. The third-order valence-corrected chi connectivity index (χ3v) is 4.49. The number of amides is 1. The molecule has 0 radical (unpaired) electrons. The van der Waals surface area contributed by atoms with Crippen LogP contribution in [-0.2, 0) is 4.79 Å². The van der Waals surface area contributed by atoms with Gasteiger partial charge in [0.1, 0.15) is 23.7 Å². The Morgan fingerprint density at radius 3 is 3.17 bits per heavy atom. The van der Waals surface area contributed by atoms with Crippen LogP contribution in [0, 0.1) is 17.2 Å². The number of hydrogen-bond donors (Lipinski definition) is 1. The van der Waals surface area contributed by atoms with Crippen LogP contribution in [-0.4, -0.2) is 51.9 Å². The largest absolute Gasteiger partial charge is 0.354 e. The highest BCUT2D eigenvalue weighted by molar-refractivity contribution is 5.87. The molecule has 0 spiro atoms. The summed E-state index contributed by atoms with van der Waals surface area (Å²) in [4.78, 5) is 27.9. The number of likely N-dealkylation sites (tertiary alicyclic amines) is 1. The van der Waals surface area contributed by atoms with Crippen molar-refractivity contribution in [2.45, 2.75) is 25.8 Å². The number of carbonyl (C=O) groups excluding carboxylic acids is 1. The number of anilines is 1. The zero-order valence-corrected chi connectivity index (χ0v) is 13.4. The van der Waals surface area contributed by atoms with Gasteiger partial charge in [-0.05, 0) is 25.8 Å². The lowest BCUT2D eigenvalue weighted by Gasteiger charge is -2.38. The topological polar surface area (TPSA) is 88.9 Å². The maximum Gasteiger partial charge on any atom is 0.239 e. The van der Waals surface area contributed by atoms with E-state index in [4.69, 9.17) is 5.26 Å². The third-order valence-electron chi connectivity index (χ3n) is 4.49. The highest BCUT2D eigenvalue weighted by Gasteiger charge is 2.29. The molecule has 2 atom stereocenters. The Hall–Kier alpha value is -2.62. The van der Waals surface area contributed by atoms with Gasteiger partial charge in [-0.15, -0.1) is 0 Å². The molecule has 0 bridgehead atoms. The van der Waals surface area contributed by atoms with Crippen molar-refractivity contribution < 1.29 is 4.79 Å². The van der Waals surface area contributed by atoms with Crippen molar-refractivity contribution in [2.24, 2.45) is 5.92 Å². The monoisotopic (exact) mass is 312 g/mol. The van der Waals surface area contributed by atoms with Gasteiger partial charge in [0, 0.05) is 32.4 Å². The highest BCUT2D eigenvalue weighted by Crippen LogP contribution is 2.26. The molecule has 3 rings (SSSR count). The number of nitrogens with zero attached hydrogens (tertiary/aromatic N) is 5. The molecule has 1 amide bonds. The molecule has 120 valence electrons. The van der Waals surface area contributed by atoms with Gasteiger partial charge in [0.15, 0.2) is 0 Å². The molecular weight excluding hydrogens is 292 g/mol. The number of H-pyrrole nitrogens is 1. The van der Waals surface area contributed by atoms with E-state index < -0.39 is 5.92 Å². The summed E-state index contributed by atoms with van der Waals surface area (Å²) in [6.45, 7) is 3.00. The predicted octanol–water partition coefficient (Wildman–Crippen LogP) is 1.54. The predicted molar refractivity (Wildman–Crippen MR) is 86.7 cm³/mol. The van der Waals surface area contributed by atoms with E-state index in [0.29, 0.717) is 6.54 Å². The third kappa shape index (κ3) is 2.84. The Morgan fingerprint density at radius 1 is 1.57 bits per heavy atom. The first-order valence-electron chi connectivity index (χ1n) is 7.81. The van der Waals surface area contributed by atoms with Gasteiger partial charge in [-0.25, -0.2) is 9.97 Å². The lowest BCUT2D eigenvalue weighted by molar-refractivity contribution is -0.134. The van der Waals surface area contributed by atoms with Gasteiger partial charge in [0.25, 0.3) is 0 Å². The Balaban J connectivity index is 1.80. The quantitative estimate of drug-likeness (QED) is 0.928. The highest BCUT2D eigenvalue weighted by atomic mass is 16.2. The van der Waals surface area contributed by atoms with Crippen molar-refractivity contribution in [3.63, 3.8) is 0 Å². The average molecular weight is 312 g/mol. The number of aromatic amines is 1. The molecule has 1 fully saturated rings. The van der Waals surface area contributed by atoms with Gasteiger partial charge in [0.05, 0.1) is 11.5 Å². The number of carbonyl (C=O) groups is 1. The van der Waals surface area contributed by atoms with Gasteiger partial charge in [-0.1, -0.05) is 0 Å².